The van der Waals surface area contributed by atoms with Gasteiger partial charge in [-0.25, -0.2) is 0 Å². The number of thiophene rings is 1. The average molecular weight is 262 g/mol. The molecule has 0 saturated heterocycles. The number of aromatic amines is 1. The topological polar surface area (TPSA) is 32.9 Å². The van der Waals surface area contributed by atoms with Crippen LogP contribution in [-0.2, 0) is 0 Å². The van der Waals surface area contributed by atoms with Crippen molar-refractivity contribution in [2.45, 2.75) is 0 Å². The van der Waals surface area contributed by atoms with Gasteiger partial charge in [0.15, 0.2) is 5.43 Å². The van der Waals surface area contributed by atoms with E-state index >= 15 is 0 Å². The molecule has 0 radical (unpaired) electrons. The molecule has 84 valence electrons. The van der Waals surface area contributed by atoms with Crippen molar-refractivity contribution in [1.29, 1.82) is 0 Å². The molecule has 2 nitrogen and oxygen atoms in total. The second-order valence-corrected chi connectivity index (χ2v) is 5.10. The molecule has 0 aliphatic heterocycles. The Hall–Kier alpha value is -1.58. The summed E-state index contributed by atoms with van der Waals surface area (Å²) in [7, 11) is 0. The van der Waals surface area contributed by atoms with Gasteiger partial charge in [-0.3, -0.25) is 4.79 Å². The minimum absolute atomic E-state index is 0.0128. The van der Waals surface area contributed by atoms with E-state index in [9.17, 15) is 4.79 Å². The van der Waals surface area contributed by atoms with Crippen molar-refractivity contribution in [3.63, 3.8) is 0 Å². The van der Waals surface area contributed by atoms with Crippen LogP contribution in [-0.4, -0.2) is 4.98 Å². The number of rotatable bonds is 1. The number of aromatic nitrogens is 1. The van der Waals surface area contributed by atoms with Gasteiger partial charge in [0.2, 0.25) is 0 Å². The number of hydrogen-bond donors (Lipinski definition) is 1. The fraction of sp³-hybridized carbons (Fsp3) is 0. The van der Waals surface area contributed by atoms with Crippen LogP contribution in [0.5, 0.6) is 0 Å². The predicted molar refractivity (Wildman–Crippen MR) is 72.9 cm³/mol. The quantitative estimate of drug-likeness (QED) is 0.708. The van der Waals surface area contributed by atoms with Crippen LogP contribution in [0.4, 0.5) is 0 Å². The maximum atomic E-state index is 11.9. The minimum Gasteiger partial charge on any atom is -0.354 e. The molecule has 4 heteroatoms. The molecule has 0 amide bonds. The molecule has 17 heavy (non-hydrogen) atoms. The molecule has 2 aromatic heterocycles. The van der Waals surface area contributed by atoms with Gasteiger partial charge in [0.05, 0.1) is 16.1 Å². The number of pyridine rings is 1. The van der Waals surface area contributed by atoms with Crippen molar-refractivity contribution >= 4 is 33.8 Å². The van der Waals surface area contributed by atoms with Gasteiger partial charge in [0.25, 0.3) is 0 Å². The Balaban J connectivity index is 2.33. The van der Waals surface area contributed by atoms with Crippen LogP contribution in [0.2, 0.25) is 5.02 Å². The molecule has 0 unspecified atom stereocenters. The van der Waals surface area contributed by atoms with Gasteiger partial charge >= 0.3 is 0 Å². The van der Waals surface area contributed by atoms with E-state index in [4.69, 9.17) is 11.6 Å². The third-order valence-electron chi connectivity index (χ3n) is 2.58. The van der Waals surface area contributed by atoms with Crippen molar-refractivity contribution in [2.75, 3.05) is 0 Å². The molecule has 0 aliphatic carbocycles. The number of fused-ring (bicyclic) bond motifs is 1. The van der Waals surface area contributed by atoms with E-state index in [1.807, 2.05) is 17.5 Å². The normalized spacial score (nSPS) is 10.9. The standard InChI is InChI=1S/C13H8ClNOS/c14-8-3-4-9-10(6-8)15-11(7-12(9)16)13-2-1-5-17-13/h1-7H,(H,15,16). The Morgan fingerprint density at radius 1 is 1.18 bits per heavy atom. The number of halogens is 1. The molecule has 3 rings (SSSR count). The Morgan fingerprint density at radius 2 is 2.06 bits per heavy atom. The second-order valence-electron chi connectivity index (χ2n) is 3.71. The van der Waals surface area contributed by atoms with E-state index in [1.165, 1.54) is 0 Å². The van der Waals surface area contributed by atoms with Crippen molar-refractivity contribution in [2.24, 2.45) is 0 Å². The van der Waals surface area contributed by atoms with Crippen molar-refractivity contribution < 1.29 is 0 Å². The zero-order valence-electron chi connectivity index (χ0n) is 8.74. The third kappa shape index (κ3) is 1.88. The lowest BCUT2D eigenvalue weighted by Gasteiger charge is -2.02. The SMILES string of the molecule is O=c1cc(-c2cccs2)[nH]c2cc(Cl)ccc12. The first kappa shape index (κ1) is 10.6. The molecule has 0 aliphatic rings. The van der Waals surface area contributed by atoms with E-state index in [-0.39, 0.29) is 5.43 Å². The fourth-order valence-electron chi connectivity index (χ4n) is 1.79. The van der Waals surface area contributed by atoms with Crippen LogP contribution >= 0.6 is 22.9 Å². The van der Waals surface area contributed by atoms with Crippen molar-refractivity contribution in [3.8, 4) is 10.6 Å². The molecular formula is C13H8ClNOS. The molecular weight excluding hydrogens is 254 g/mol. The lowest BCUT2D eigenvalue weighted by atomic mass is 10.2. The lowest BCUT2D eigenvalue weighted by Crippen LogP contribution is -2.02. The van der Waals surface area contributed by atoms with Gasteiger partial charge in [-0.15, -0.1) is 11.3 Å². The fourth-order valence-corrected chi connectivity index (χ4v) is 2.66. The first-order valence-electron chi connectivity index (χ1n) is 5.10. The maximum absolute atomic E-state index is 11.9. The number of hydrogen-bond acceptors (Lipinski definition) is 2. The highest BCUT2D eigenvalue weighted by Gasteiger charge is 2.05. The predicted octanol–water partition coefficient (Wildman–Crippen LogP) is 3.91. The zero-order chi connectivity index (χ0) is 11.8. The van der Waals surface area contributed by atoms with Crippen LogP contribution in [0, 0.1) is 0 Å². The molecule has 1 aromatic carbocycles. The van der Waals surface area contributed by atoms with Crippen LogP contribution in [0.1, 0.15) is 0 Å². The summed E-state index contributed by atoms with van der Waals surface area (Å²) in [6.45, 7) is 0. The van der Waals surface area contributed by atoms with Crippen LogP contribution in [0.15, 0.2) is 46.6 Å². The van der Waals surface area contributed by atoms with E-state index in [0.29, 0.717) is 10.4 Å². The highest BCUT2D eigenvalue weighted by molar-refractivity contribution is 7.13. The summed E-state index contributed by atoms with van der Waals surface area (Å²) >= 11 is 7.52. The van der Waals surface area contributed by atoms with Gasteiger partial charge in [0, 0.05) is 16.5 Å². The van der Waals surface area contributed by atoms with Gasteiger partial charge in [-0.05, 0) is 29.6 Å². The highest BCUT2D eigenvalue weighted by Crippen LogP contribution is 2.24. The smallest absolute Gasteiger partial charge is 0.190 e. The average Bonchev–Trinajstić information content (AvgIpc) is 2.81. The molecule has 0 atom stereocenters. The Morgan fingerprint density at radius 3 is 2.82 bits per heavy atom. The van der Waals surface area contributed by atoms with Crippen LogP contribution in [0.25, 0.3) is 21.5 Å². The summed E-state index contributed by atoms with van der Waals surface area (Å²) in [5.41, 5.74) is 1.62. The maximum Gasteiger partial charge on any atom is 0.190 e. The summed E-state index contributed by atoms with van der Waals surface area (Å²) < 4.78 is 0. The van der Waals surface area contributed by atoms with Crippen LogP contribution in [0.3, 0.4) is 0 Å². The molecule has 1 N–H and O–H groups in total. The van der Waals surface area contributed by atoms with E-state index < -0.39 is 0 Å². The molecule has 0 bridgehead atoms. The Kier molecular flexibility index (Phi) is 2.50. The molecule has 0 fully saturated rings. The summed E-state index contributed by atoms with van der Waals surface area (Å²) in [6, 6.07) is 10.8. The van der Waals surface area contributed by atoms with Gasteiger partial charge in [0.1, 0.15) is 0 Å². The Bertz CT molecular complexity index is 731. The zero-order valence-corrected chi connectivity index (χ0v) is 10.3. The van der Waals surface area contributed by atoms with E-state index in [1.54, 1.807) is 35.6 Å². The number of nitrogens with one attached hydrogen (secondary N) is 1. The van der Waals surface area contributed by atoms with Gasteiger partial charge in [-0.2, -0.15) is 0 Å². The molecule has 2 heterocycles. The highest BCUT2D eigenvalue weighted by atomic mass is 35.5. The minimum atomic E-state index is 0.0128. The van der Waals surface area contributed by atoms with Crippen molar-refractivity contribution in [3.05, 3.63) is 57.0 Å². The first-order chi connectivity index (χ1) is 8.24. The van der Waals surface area contributed by atoms with Gasteiger partial charge < -0.3 is 4.98 Å². The Labute approximate surface area is 106 Å². The van der Waals surface area contributed by atoms with E-state index in [0.717, 1.165) is 16.1 Å². The van der Waals surface area contributed by atoms with E-state index in [2.05, 4.69) is 4.98 Å². The summed E-state index contributed by atoms with van der Waals surface area (Å²) in [6.07, 6.45) is 0. The summed E-state index contributed by atoms with van der Waals surface area (Å²) in [5, 5.41) is 3.27. The number of H-pyrrole nitrogens is 1. The first-order valence-corrected chi connectivity index (χ1v) is 6.36. The lowest BCUT2D eigenvalue weighted by molar-refractivity contribution is 1.40. The molecule has 0 spiro atoms. The summed E-state index contributed by atoms with van der Waals surface area (Å²) in [5.74, 6) is 0. The molecule has 3 aromatic rings. The second kappa shape index (κ2) is 4.02. The van der Waals surface area contributed by atoms with Gasteiger partial charge in [-0.1, -0.05) is 17.7 Å². The number of benzene rings is 1. The molecule has 0 saturated carbocycles. The monoisotopic (exact) mass is 261 g/mol. The third-order valence-corrected chi connectivity index (χ3v) is 3.72. The van der Waals surface area contributed by atoms with Crippen molar-refractivity contribution in [1.82, 2.24) is 4.98 Å². The van der Waals surface area contributed by atoms with Crippen LogP contribution < -0.4 is 5.43 Å². The largest absolute Gasteiger partial charge is 0.354 e. The summed E-state index contributed by atoms with van der Waals surface area (Å²) in [4.78, 5) is 16.2.